The summed E-state index contributed by atoms with van der Waals surface area (Å²) in [6.45, 7) is 1.98. The maximum Gasteiger partial charge on any atom is 0.162 e. The largest absolute Gasteiger partial charge is 0.261 e. The third-order valence-corrected chi connectivity index (χ3v) is 5.75. The average Bonchev–Trinajstić information content (AvgIpc) is 2.79. The normalized spacial score (nSPS) is 11.4. The van der Waals surface area contributed by atoms with E-state index in [1.54, 1.807) is 0 Å². The highest BCUT2D eigenvalue weighted by Gasteiger charge is 2.09. The number of anilines is 1. The maximum atomic E-state index is 4.78. The van der Waals surface area contributed by atoms with Gasteiger partial charge in [0.05, 0.1) is 11.4 Å². The Morgan fingerprint density at radius 2 is 1.57 bits per heavy atom. The molecule has 1 heterocycles. The second kappa shape index (κ2) is 9.49. The molecule has 148 valence electrons. The van der Waals surface area contributed by atoms with Crippen LogP contribution < -0.4 is 5.43 Å². The average molecular weight is 569 g/mol. The van der Waals surface area contributed by atoms with Gasteiger partial charge in [0.15, 0.2) is 11.6 Å². The molecule has 0 radical (unpaired) electrons. The van der Waals surface area contributed by atoms with Crippen LogP contribution in [0.1, 0.15) is 12.5 Å². The van der Waals surface area contributed by atoms with Crippen LogP contribution in [-0.4, -0.2) is 15.7 Å². The van der Waals surface area contributed by atoms with E-state index >= 15 is 0 Å². The fourth-order valence-corrected chi connectivity index (χ4v) is 3.51. The first kappa shape index (κ1) is 20.7. The highest BCUT2D eigenvalue weighted by Crippen LogP contribution is 2.25. The SMILES string of the molecule is C/C(=N\Nc1cc(-c2ccccc2)nc(-c2ccc(Br)cc2)n1)c1ccc(I)cc1. The molecule has 6 heteroatoms. The molecule has 0 fully saturated rings. The molecule has 30 heavy (non-hydrogen) atoms. The monoisotopic (exact) mass is 568 g/mol. The number of benzene rings is 3. The molecular formula is C24H18BrIN4. The van der Waals surface area contributed by atoms with Gasteiger partial charge in [-0.3, -0.25) is 5.43 Å². The van der Waals surface area contributed by atoms with E-state index in [0.29, 0.717) is 11.6 Å². The van der Waals surface area contributed by atoms with Crippen molar-refractivity contribution in [2.24, 2.45) is 5.10 Å². The van der Waals surface area contributed by atoms with Crippen LogP contribution in [0.2, 0.25) is 0 Å². The molecule has 4 aromatic rings. The predicted molar refractivity (Wildman–Crippen MR) is 136 cm³/mol. The molecule has 1 aromatic heterocycles. The molecule has 0 atom stereocenters. The Morgan fingerprint density at radius 1 is 0.867 bits per heavy atom. The first-order valence-corrected chi connectivity index (χ1v) is 11.2. The van der Waals surface area contributed by atoms with Gasteiger partial charge in [0.25, 0.3) is 0 Å². The van der Waals surface area contributed by atoms with E-state index in [2.05, 4.69) is 73.3 Å². The van der Waals surface area contributed by atoms with Crippen molar-refractivity contribution in [2.75, 3.05) is 5.43 Å². The Labute approximate surface area is 197 Å². The number of nitrogens with one attached hydrogen (secondary N) is 1. The minimum absolute atomic E-state index is 0.645. The van der Waals surface area contributed by atoms with Crippen LogP contribution in [0.5, 0.6) is 0 Å². The fourth-order valence-electron chi connectivity index (χ4n) is 2.89. The minimum atomic E-state index is 0.645. The van der Waals surface area contributed by atoms with Crippen LogP contribution in [0.25, 0.3) is 22.6 Å². The molecule has 3 aromatic carbocycles. The maximum absolute atomic E-state index is 4.78. The first-order valence-electron chi connectivity index (χ1n) is 9.35. The number of hydrogen-bond donors (Lipinski definition) is 1. The Balaban J connectivity index is 1.71. The van der Waals surface area contributed by atoms with Gasteiger partial charge in [-0.2, -0.15) is 5.10 Å². The first-order chi connectivity index (χ1) is 14.6. The summed E-state index contributed by atoms with van der Waals surface area (Å²) in [4.78, 5) is 9.48. The Bertz CT molecular complexity index is 1170. The summed E-state index contributed by atoms with van der Waals surface area (Å²) < 4.78 is 2.21. The minimum Gasteiger partial charge on any atom is -0.261 e. The van der Waals surface area contributed by atoms with Gasteiger partial charge in [-0.25, -0.2) is 9.97 Å². The summed E-state index contributed by atoms with van der Waals surface area (Å²) >= 11 is 5.77. The summed E-state index contributed by atoms with van der Waals surface area (Å²) in [5.41, 5.74) is 7.87. The smallest absolute Gasteiger partial charge is 0.162 e. The summed E-state index contributed by atoms with van der Waals surface area (Å²) in [6, 6.07) is 28.2. The van der Waals surface area contributed by atoms with Gasteiger partial charge in [-0.05, 0) is 59.3 Å². The lowest BCUT2D eigenvalue weighted by molar-refractivity contribution is 1.15. The van der Waals surface area contributed by atoms with Crippen molar-refractivity contribution in [3.8, 4) is 22.6 Å². The number of hydrazone groups is 1. The van der Waals surface area contributed by atoms with Crippen LogP contribution >= 0.6 is 38.5 Å². The molecule has 0 unspecified atom stereocenters. The van der Waals surface area contributed by atoms with Gasteiger partial charge in [0.1, 0.15) is 0 Å². The van der Waals surface area contributed by atoms with E-state index in [-0.39, 0.29) is 0 Å². The van der Waals surface area contributed by atoms with Crippen molar-refractivity contribution in [3.05, 3.63) is 98.5 Å². The van der Waals surface area contributed by atoms with Crippen LogP contribution in [0.15, 0.2) is 94.5 Å². The number of nitrogens with zero attached hydrogens (tertiary/aromatic N) is 3. The zero-order valence-electron chi connectivity index (χ0n) is 16.2. The van der Waals surface area contributed by atoms with E-state index in [1.807, 2.05) is 67.6 Å². The van der Waals surface area contributed by atoms with Crippen LogP contribution in [0.3, 0.4) is 0 Å². The van der Waals surface area contributed by atoms with Crippen molar-refractivity contribution >= 4 is 50.1 Å². The second-order valence-corrected chi connectivity index (χ2v) is 8.81. The van der Waals surface area contributed by atoms with E-state index in [0.717, 1.165) is 32.6 Å². The van der Waals surface area contributed by atoms with E-state index in [4.69, 9.17) is 9.97 Å². The van der Waals surface area contributed by atoms with Gasteiger partial charge < -0.3 is 0 Å². The topological polar surface area (TPSA) is 50.2 Å². The third-order valence-electron chi connectivity index (χ3n) is 4.50. The summed E-state index contributed by atoms with van der Waals surface area (Å²) in [5.74, 6) is 1.29. The van der Waals surface area contributed by atoms with Crippen molar-refractivity contribution in [1.82, 2.24) is 9.97 Å². The van der Waals surface area contributed by atoms with E-state index in [1.165, 1.54) is 3.57 Å². The molecule has 0 saturated carbocycles. The highest BCUT2D eigenvalue weighted by atomic mass is 127. The van der Waals surface area contributed by atoms with Crippen LogP contribution in [0, 0.1) is 3.57 Å². The lowest BCUT2D eigenvalue weighted by atomic mass is 10.1. The van der Waals surface area contributed by atoms with Gasteiger partial charge in [0.2, 0.25) is 0 Å². The number of rotatable bonds is 5. The molecule has 0 aliphatic heterocycles. The number of hydrogen-bond acceptors (Lipinski definition) is 4. The molecule has 1 N–H and O–H groups in total. The Hall–Kier alpha value is -2.58. The Morgan fingerprint density at radius 3 is 2.27 bits per heavy atom. The fraction of sp³-hybridized carbons (Fsp3) is 0.0417. The van der Waals surface area contributed by atoms with Crippen LogP contribution in [0.4, 0.5) is 5.82 Å². The summed E-state index contributed by atoms with van der Waals surface area (Å²) in [6.07, 6.45) is 0. The van der Waals surface area contributed by atoms with Gasteiger partial charge in [-0.1, -0.05) is 70.5 Å². The standard InChI is InChI=1S/C24H18BrIN4/c1-16(17-9-13-21(26)14-10-17)29-30-23-15-22(18-5-3-2-4-6-18)27-24(28-23)19-7-11-20(25)12-8-19/h2-15H,1H3,(H,27,28,30)/b29-16+. The second-order valence-electron chi connectivity index (χ2n) is 6.65. The molecule has 0 aliphatic rings. The molecule has 0 amide bonds. The molecular weight excluding hydrogens is 551 g/mol. The number of aromatic nitrogens is 2. The van der Waals surface area contributed by atoms with Crippen molar-refractivity contribution < 1.29 is 0 Å². The number of halogens is 2. The molecule has 0 bridgehead atoms. The lowest BCUT2D eigenvalue weighted by Crippen LogP contribution is -2.03. The molecule has 0 saturated heterocycles. The molecule has 4 rings (SSSR count). The summed E-state index contributed by atoms with van der Waals surface area (Å²) in [5, 5.41) is 4.54. The van der Waals surface area contributed by atoms with E-state index in [9.17, 15) is 0 Å². The van der Waals surface area contributed by atoms with Crippen molar-refractivity contribution in [3.63, 3.8) is 0 Å². The predicted octanol–water partition coefficient (Wildman–Crippen LogP) is 7.01. The zero-order chi connectivity index (χ0) is 20.9. The van der Waals surface area contributed by atoms with E-state index < -0.39 is 0 Å². The Kier molecular flexibility index (Phi) is 6.54. The van der Waals surface area contributed by atoms with Crippen molar-refractivity contribution in [1.29, 1.82) is 0 Å². The zero-order valence-corrected chi connectivity index (χ0v) is 19.9. The van der Waals surface area contributed by atoms with Gasteiger partial charge in [0, 0.05) is 25.2 Å². The molecule has 0 aliphatic carbocycles. The lowest BCUT2D eigenvalue weighted by Gasteiger charge is -2.09. The molecule has 0 spiro atoms. The van der Waals surface area contributed by atoms with Gasteiger partial charge in [-0.15, -0.1) is 0 Å². The third kappa shape index (κ3) is 5.12. The molecule has 4 nitrogen and oxygen atoms in total. The highest BCUT2D eigenvalue weighted by molar-refractivity contribution is 14.1. The van der Waals surface area contributed by atoms with Gasteiger partial charge >= 0.3 is 0 Å². The van der Waals surface area contributed by atoms with Crippen LogP contribution in [-0.2, 0) is 0 Å². The van der Waals surface area contributed by atoms with Crippen molar-refractivity contribution in [2.45, 2.75) is 6.92 Å². The summed E-state index contributed by atoms with van der Waals surface area (Å²) in [7, 11) is 0. The quantitative estimate of drug-likeness (QED) is 0.160.